The van der Waals surface area contributed by atoms with Gasteiger partial charge in [0.25, 0.3) is 0 Å². The molecular weight excluding hydrogens is 284 g/mol. The number of rotatable bonds is 4. The molecule has 4 atom stereocenters. The van der Waals surface area contributed by atoms with Crippen molar-refractivity contribution in [1.82, 2.24) is 15.5 Å². The van der Waals surface area contributed by atoms with Gasteiger partial charge in [-0.1, -0.05) is 12.8 Å². The first-order chi connectivity index (χ1) is 10.5. The molecule has 2 saturated heterocycles. The van der Waals surface area contributed by atoms with E-state index >= 15 is 0 Å². The van der Waals surface area contributed by atoms with Gasteiger partial charge in [-0.25, -0.2) is 0 Å². The Labute approximate surface area is 131 Å². The highest BCUT2D eigenvalue weighted by atomic mass is 16.2. The second-order valence-electron chi connectivity index (χ2n) is 6.25. The van der Waals surface area contributed by atoms with Gasteiger partial charge in [-0.15, -0.1) is 0 Å². The Morgan fingerprint density at radius 3 is 2.55 bits per heavy atom. The number of carbonyl (C=O) groups excluding carboxylic acids is 3. The van der Waals surface area contributed by atoms with Crippen LogP contribution in [0.2, 0.25) is 0 Å². The van der Waals surface area contributed by atoms with Crippen molar-refractivity contribution in [2.24, 2.45) is 5.73 Å². The second-order valence-corrected chi connectivity index (χ2v) is 6.25. The summed E-state index contributed by atoms with van der Waals surface area (Å²) in [4.78, 5) is 38.1. The molecule has 2 aliphatic heterocycles. The third-order valence-electron chi connectivity index (χ3n) is 4.81. The van der Waals surface area contributed by atoms with E-state index < -0.39 is 18.0 Å². The molecular formula is C15H26N4O3. The number of fused-ring (bicyclic) bond motifs is 1. The Kier molecular flexibility index (Phi) is 5.39. The predicted molar refractivity (Wildman–Crippen MR) is 81.8 cm³/mol. The molecule has 0 aromatic heterocycles. The van der Waals surface area contributed by atoms with E-state index in [1.54, 1.807) is 18.9 Å². The molecule has 22 heavy (non-hydrogen) atoms. The number of nitrogens with zero attached hydrogens (tertiary/aromatic N) is 1. The summed E-state index contributed by atoms with van der Waals surface area (Å²) in [7, 11) is 1.70. The van der Waals surface area contributed by atoms with E-state index in [2.05, 4.69) is 10.6 Å². The van der Waals surface area contributed by atoms with Gasteiger partial charge >= 0.3 is 0 Å². The van der Waals surface area contributed by atoms with Gasteiger partial charge in [0.05, 0.1) is 6.04 Å². The summed E-state index contributed by atoms with van der Waals surface area (Å²) in [6.07, 6.45) is 4.84. The van der Waals surface area contributed by atoms with E-state index in [9.17, 15) is 14.4 Å². The lowest BCUT2D eigenvalue weighted by Gasteiger charge is -2.35. The van der Waals surface area contributed by atoms with Gasteiger partial charge in [-0.2, -0.15) is 0 Å². The third-order valence-corrected chi connectivity index (χ3v) is 4.81. The molecule has 2 heterocycles. The van der Waals surface area contributed by atoms with Crippen LogP contribution in [0, 0.1) is 0 Å². The Morgan fingerprint density at radius 1 is 1.23 bits per heavy atom. The van der Waals surface area contributed by atoms with E-state index in [-0.39, 0.29) is 23.9 Å². The SMILES string of the molecule is CN[C@@H](C)C(=O)NC1CCCC[C@H]2CC[C@@H](C(N)=O)N2C1=O. The Morgan fingerprint density at radius 2 is 1.91 bits per heavy atom. The van der Waals surface area contributed by atoms with Gasteiger partial charge in [-0.05, 0) is 39.7 Å². The predicted octanol–water partition coefficient (Wildman–Crippen LogP) is -0.502. The molecule has 0 aromatic carbocycles. The van der Waals surface area contributed by atoms with E-state index in [0.717, 1.165) is 25.7 Å². The van der Waals surface area contributed by atoms with Gasteiger partial charge in [0.15, 0.2) is 0 Å². The fourth-order valence-electron chi connectivity index (χ4n) is 3.37. The van der Waals surface area contributed by atoms with Crippen molar-refractivity contribution in [3.8, 4) is 0 Å². The molecule has 0 spiro atoms. The standard InChI is InChI=1S/C15H26N4O3/c1-9(17-2)14(21)18-11-6-4-3-5-10-7-8-12(13(16)20)19(10)15(11)22/h9-12,17H,3-8H2,1-2H3,(H2,16,20)(H,18,21)/t9-,10-,11?,12-/m0/s1. The maximum absolute atomic E-state index is 12.8. The number of nitrogens with one attached hydrogen (secondary N) is 2. The summed E-state index contributed by atoms with van der Waals surface area (Å²) in [6.45, 7) is 1.74. The van der Waals surface area contributed by atoms with E-state index in [1.807, 2.05) is 0 Å². The van der Waals surface area contributed by atoms with Crippen molar-refractivity contribution in [1.29, 1.82) is 0 Å². The highest BCUT2D eigenvalue weighted by Crippen LogP contribution is 2.31. The van der Waals surface area contributed by atoms with Crippen LogP contribution in [0.25, 0.3) is 0 Å². The van der Waals surface area contributed by atoms with Crippen molar-refractivity contribution in [2.45, 2.75) is 69.6 Å². The van der Waals surface area contributed by atoms with Crippen LogP contribution in [0.15, 0.2) is 0 Å². The second kappa shape index (κ2) is 7.09. The van der Waals surface area contributed by atoms with Crippen molar-refractivity contribution in [3.05, 3.63) is 0 Å². The molecule has 7 heteroatoms. The fourth-order valence-corrected chi connectivity index (χ4v) is 3.37. The van der Waals surface area contributed by atoms with Gasteiger partial charge in [0.1, 0.15) is 12.1 Å². The first-order valence-corrected chi connectivity index (χ1v) is 8.04. The van der Waals surface area contributed by atoms with Crippen LogP contribution in [0.1, 0.15) is 45.4 Å². The number of carbonyl (C=O) groups is 3. The van der Waals surface area contributed by atoms with E-state index in [1.165, 1.54) is 0 Å². The average Bonchev–Trinajstić information content (AvgIpc) is 2.90. The maximum Gasteiger partial charge on any atom is 0.246 e. The van der Waals surface area contributed by atoms with Gasteiger partial charge in [-0.3, -0.25) is 14.4 Å². The van der Waals surface area contributed by atoms with E-state index in [4.69, 9.17) is 5.73 Å². The van der Waals surface area contributed by atoms with Crippen LogP contribution in [0.3, 0.4) is 0 Å². The lowest BCUT2D eigenvalue weighted by Crippen LogP contribution is -2.57. The molecule has 0 radical (unpaired) electrons. The van der Waals surface area contributed by atoms with Crippen molar-refractivity contribution in [3.63, 3.8) is 0 Å². The molecule has 7 nitrogen and oxygen atoms in total. The first kappa shape index (κ1) is 16.7. The molecule has 0 bridgehead atoms. The number of likely N-dealkylation sites (N-methyl/N-ethyl adjacent to an activating group) is 1. The smallest absolute Gasteiger partial charge is 0.246 e. The lowest BCUT2D eigenvalue weighted by molar-refractivity contribution is -0.143. The zero-order chi connectivity index (χ0) is 16.3. The number of primary amides is 1. The number of amides is 3. The van der Waals surface area contributed by atoms with Crippen LogP contribution in [-0.2, 0) is 14.4 Å². The summed E-state index contributed by atoms with van der Waals surface area (Å²) in [6, 6.07) is -1.38. The van der Waals surface area contributed by atoms with Crippen LogP contribution < -0.4 is 16.4 Å². The topological polar surface area (TPSA) is 105 Å². The molecule has 2 aliphatic rings. The molecule has 2 rings (SSSR count). The van der Waals surface area contributed by atoms with Gasteiger partial charge in [0.2, 0.25) is 17.7 Å². The minimum atomic E-state index is -0.564. The molecule has 0 aromatic rings. The summed E-state index contributed by atoms with van der Waals surface area (Å²) < 4.78 is 0. The third kappa shape index (κ3) is 3.40. The zero-order valence-electron chi connectivity index (χ0n) is 13.3. The molecule has 2 fully saturated rings. The molecule has 3 amide bonds. The minimum Gasteiger partial charge on any atom is -0.368 e. The quantitative estimate of drug-likeness (QED) is 0.651. The maximum atomic E-state index is 12.8. The number of nitrogens with two attached hydrogens (primary N) is 1. The van der Waals surface area contributed by atoms with Gasteiger partial charge < -0.3 is 21.3 Å². The number of hydrogen-bond donors (Lipinski definition) is 3. The van der Waals surface area contributed by atoms with Crippen LogP contribution >= 0.6 is 0 Å². The highest BCUT2D eigenvalue weighted by molar-refractivity contribution is 5.93. The molecule has 1 unspecified atom stereocenters. The molecule has 0 aliphatic carbocycles. The summed E-state index contributed by atoms with van der Waals surface area (Å²) in [5, 5.41) is 5.67. The molecule has 124 valence electrons. The van der Waals surface area contributed by atoms with Crippen molar-refractivity contribution >= 4 is 17.7 Å². The monoisotopic (exact) mass is 310 g/mol. The normalized spacial score (nSPS) is 30.2. The first-order valence-electron chi connectivity index (χ1n) is 8.04. The van der Waals surface area contributed by atoms with Gasteiger partial charge in [0, 0.05) is 6.04 Å². The Balaban J connectivity index is 2.15. The number of hydrogen-bond acceptors (Lipinski definition) is 4. The minimum absolute atomic E-state index is 0.0754. The van der Waals surface area contributed by atoms with Crippen LogP contribution in [0.5, 0.6) is 0 Å². The van der Waals surface area contributed by atoms with Crippen molar-refractivity contribution < 1.29 is 14.4 Å². The summed E-state index contributed by atoms with van der Waals surface area (Å²) >= 11 is 0. The highest BCUT2D eigenvalue weighted by Gasteiger charge is 2.43. The van der Waals surface area contributed by atoms with Crippen molar-refractivity contribution in [2.75, 3.05) is 7.05 Å². The summed E-state index contributed by atoms with van der Waals surface area (Å²) in [5.74, 6) is -0.819. The van der Waals surface area contributed by atoms with Crippen LogP contribution in [-0.4, -0.2) is 53.8 Å². The molecule has 4 N–H and O–H groups in total. The fraction of sp³-hybridized carbons (Fsp3) is 0.800. The van der Waals surface area contributed by atoms with Crippen LogP contribution in [0.4, 0.5) is 0 Å². The lowest BCUT2D eigenvalue weighted by atomic mass is 9.98. The zero-order valence-corrected chi connectivity index (χ0v) is 13.3. The molecule has 0 saturated carbocycles. The Hall–Kier alpha value is -1.63. The average molecular weight is 310 g/mol. The largest absolute Gasteiger partial charge is 0.368 e. The van der Waals surface area contributed by atoms with E-state index in [0.29, 0.717) is 12.8 Å². The summed E-state index contributed by atoms with van der Waals surface area (Å²) in [5.41, 5.74) is 5.44. The Bertz CT molecular complexity index is 454.